The lowest BCUT2D eigenvalue weighted by atomic mass is 10.2. The molecule has 0 saturated heterocycles. The lowest BCUT2D eigenvalue weighted by Gasteiger charge is -2.04. The van der Waals surface area contributed by atoms with Crippen LogP contribution in [0.4, 0.5) is 0 Å². The second kappa shape index (κ2) is 8.85. The number of carbonyl (C=O) groups is 1. The molecule has 6 heteroatoms. The first kappa shape index (κ1) is 17.7. The first-order valence-electron chi connectivity index (χ1n) is 7.56. The standard InChI is InChI=1S/C18H19N3O2S/c1-13(9-19)10-20-18(22)8-5-15-3-6-17(7-4-15)23-11-16-12-24-14(2)21-16/h3-8,12-13H,10-11H2,1-2H3,(H,20,22). The maximum absolute atomic E-state index is 11.6. The van der Waals surface area contributed by atoms with Crippen molar-refractivity contribution < 1.29 is 9.53 Å². The Labute approximate surface area is 145 Å². The SMILES string of the molecule is Cc1nc(COc2ccc(C=CC(=O)NCC(C)C#N)cc2)cs1. The van der Waals surface area contributed by atoms with Crippen LogP contribution in [0.3, 0.4) is 0 Å². The summed E-state index contributed by atoms with van der Waals surface area (Å²) < 4.78 is 5.67. The lowest BCUT2D eigenvalue weighted by molar-refractivity contribution is -0.116. The largest absolute Gasteiger partial charge is 0.487 e. The van der Waals surface area contributed by atoms with Crippen molar-refractivity contribution in [1.29, 1.82) is 5.26 Å². The number of carbonyl (C=O) groups excluding carboxylic acids is 1. The molecule has 1 N–H and O–H groups in total. The van der Waals surface area contributed by atoms with E-state index in [1.807, 2.05) is 36.6 Å². The quantitative estimate of drug-likeness (QED) is 0.784. The molecule has 0 spiro atoms. The molecule has 0 aliphatic heterocycles. The van der Waals surface area contributed by atoms with E-state index in [2.05, 4.69) is 16.4 Å². The number of aromatic nitrogens is 1. The minimum absolute atomic E-state index is 0.194. The number of ether oxygens (including phenoxy) is 1. The van der Waals surface area contributed by atoms with Gasteiger partial charge in [-0.1, -0.05) is 12.1 Å². The van der Waals surface area contributed by atoms with Gasteiger partial charge < -0.3 is 10.1 Å². The average molecular weight is 341 g/mol. The van der Waals surface area contributed by atoms with E-state index in [9.17, 15) is 4.79 Å². The Kier molecular flexibility index (Phi) is 6.52. The molecular formula is C18H19N3O2S. The predicted molar refractivity (Wildman–Crippen MR) is 94.4 cm³/mol. The maximum Gasteiger partial charge on any atom is 0.244 e. The molecule has 0 saturated carbocycles. The first-order valence-corrected chi connectivity index (χ1v) is 8.44. The number of thiazole rings is 1. The van der Waals surface area contributed by atoms with E-state index in [1.165, 1.54) is 6.08 Å². The molecule has 2 aromatic rings. The van der Waals surface area contributed by atoms with Crippen LogP contribution in [0.2, 0.25) is 0 Å². The molecule has 0 bridgehead atoms. The average Bonchev–Trinajstić information content (AvgIpc) is 3.02. The molecule has 24 heavy (non-hydrogen) atoms. The summed E-state index contributed by atoms with van der Waals surface area (Å²) in [6, 6.07) is 9.54. The van der Waals surface area contributed by atoms with Crippen molar-refractivity contribution in [2.45, 2.75) is 20.5 Å². The maximum atomic E-state index is 11.6. The van der Waals surface area contributed by atoms with Crippen LogP contribution in [-0.4, -0.2) is 17.4 Å². The number of hydrogen-bond donors (Lipinski definition) is 1. The summed E-state index contributed by atoms with van der Waals surface area (Å²) >= 11 is 1.60. The highest BCUT2D eigenvalue weighted by Crippen LogP contribution is 2.16. The summed E-state index contributed by atoms with van der Waals surface area (Å²) in [5.74, 6) is 0.349. The van der Waals surface area contributed by atoms with Gasteiger partial charge in [0, 0.05) is 18.0 Å². The summed E-state index contributed by atoms with van der Waals surface area (Å²) in [7, 11) is 0. The molecule has 1 aromatic heterocycles. The van der Waals surface area contributed by atoms with Crippen LogP contribution >= 0.6 is 11.3 Å². The number of nitriles is 1. The van der Waals surface area contributed by atoms with Gasteiger partial charge in [0.25, 0.3) is 0 Å². The smallest absolute Gasteiger partial charge is 0.244 e. The van der Waals surface area contributed by atoms with Gasteiger partial charge in [-0.25, -0.2) is 4.98 Å². The van der Waals surface area contributed by atoms with Gasteiger partial charge in [-0.3, -0.25) is 4.79 Å². The highest BCUT2D eigenvalue weighted by Gasteiger charge is 2.02. The van der Waals surface area contributed by atoms with Crippen LogP contribution in [0.1, 0.15) is 23.2 Å². The Morgan fingerprint density at radius 2 is 2.21 bits per heavy atom. The second-order valence-electron chi connectivity index (χ2n) is 5.32. The number of aryl methyl sites for hydroxylation is 1. The molecule has 0 aliphatic rings. The van der Waals surface area contributed by atoms with E-state index in [4.69, 9.17) is 10.00 Å². The minimum Gasteiger partial charge on any atom is -0.487 e. The van der Waals surface area contributed by atoms with Gasteiger partial charge in [-0.2, -0.15) is 5.26 Å². The Bertz CT molecular complexity index is 744. The van der Waals surface area contributed by atoms with E-state index in [0.29, 0.717) is 13.2 Å². The highest BCUT2D eigenvalue weighted by atomic mass is 32.1. The summed E-state index contributed by atoms with van der Waals surface area (Å²) in [6.07, 6.45) is 3.18. The summed E-state index contributed by atoms with van der Waals surface area (Å²) in [4.78, 5) is 16.0. The molecule has 5 nitrogen and oxygen atoms in total. The number of rotatable bonds is 7. The number of benzene rings is 1. The number of nitrogens with zero attached hydrogens (tertiary/aromatic N) is 2. The lowest BCUT2D eigenvalue weighted by Crippen LogP contribution is -2.25. The van der Waals surface area contributed by atoms with Crippen molar-refractivity contribution in [2.75, 3.05) is 6.54 Å². The second-order valence-corrected chi connectivity index (χ2v) is 6.39. The third kappa shape index (κ3) is 5.86. The van der Waals surface area contributed by atoms with Gasteiger partial charge in [-0.05, 0) is 37.6 Å². The van der Waals surface area contributed by atoms with Crippen LogP contribution in [0.15, 0.2) is 35.7 Å². The summed E-state index contributed by atoms with van der Waals surface area (Å²) in [5.41, 5.74) is 1.82. The van der Waals surface area contributed by atoms with E-state index in [-0.39, 0.29) is 11.8 Å². The highest BCUT2D eigenvalue weighted by molar-refractivity contribution is 7.09. The molecule has 2 rings (SSSR count). The first-order chi connectivity index (χ1) is 11.6. The topological polar surface area (TPSA) is 75.0 Å². The minimum atomic E-state index is -0.212. The fourth-order valence-electron chi connectivity index (χ4n) is 1.84. The van der Waals surface area contributed by atoms with E-state index < -0.39 is 0 Å². The molecule has 1 aromatic carbocycles. The monoisotopic (exact) mass is 341 g/mol. The van der Waals surface area contributed by atoms with Gasteiger partial charge in [-0.15, -0.1) is 11.3 Å². The van der Waals surface area contributed by atoms with E-state index in [1.54, 1.807) is 24.3 Å². The fourth-order valence-corrected chi connectivity index (χ4v) is 2.43. The molecule has 1 atom stereocenters. The van der Waals surface area contributed by atoms with Gasteiger partial charge in [0.05, 0.1) is 22.7 Å². The Morgan fingerprint density at radius 3 is 2.83 bits per heavy atom. The Hall–Kier alpha value is -2.65. The zero-order valence-electron chi connectivity index (χ0n) is 13.7. The zero-order valence-corrected chi connectivity index (χ0v) is 14.5. The summed E-state index contributed by atoms with van der Waals surface area (Å²) in [6.45, 7) is 4.52. The van der Waals surface area contributed by atoms with Crippen molar-refractivity contribution in [3.63, 3.8) is 0 Å². The van der Waals surface area contributed by atoms with Crippen molar-refractivity contribution in [3.05, 3.63) is 52.0 Å². The van der Waals surface area contributed by atoms with Gasteiger partial charge in [0.15, 0.2) is 0 Å². The van der Waals surface area contributed by atoms with Crippen molar-refractivity contribution in [2.24, 2.45) is 5.92 Å². The Morgan fingerprint density at radius 1 is 1.46 bits per heavy atom. The van der Waals surface area contributed by atoms with Crippen molar-refractivity contribution in [1.82, 2.24) is 10.3 Å². The molecule has 1 unspecified atom stereocenters. The molecule has 1 amide bonds. The third-order valence-electron chi connectivity index (χ3n) is 3.16. The van der Waals surface area contributed by atoms with E-state index >= 15 is 0 Å². The Balaban J connectivity index is 1.82. The van der Waals surface area contributed by atoms with Crippen molar-refractivity contribution >= 4 is 23.3 Å². The number of hydrogen-bond acceptors (Lipinski definition) is 5. The van der Waals surface area contributed by atoms with Gasteiger partial charge in [0.1, 0.15) is 12.4 Å². The van der Waals surface area contributed by atoms with Crippen LogP contribution < -0.4 is 10.1 Å². The van der Waals surface area contributed by atoms with Gasteiger partial charge in [0.2, 0.25) is 5.91 Å². The van der Waals surface area contributed by atoms with Crippen LogP contribution in [-0.2, 0) is 11.4 Å². The zero-order chi connectivity index (χ0) is 17.4. The normalized spacial score (nSPS) is 11.9. The molecule has 0 aliphatic carbocycles. The number of nitrogens with one attached hydrogen (secondary N) is 1. The summed E-state index contributed by atoms with van der Waals surface area (Å²) in [5, 5.41) is 14.4. The molecule has 0 radical (unpaired) electrons. The van der Waals surface area contributed by atoms with Crippen LogP contribution in [0.25, 0.3) is 6.08 Å². The van der Waals surface area contributed by atoms with Gasteiger partial charge >= 0.3 is 0 Å². The number of amides is 1. The third-order valence-corrected chi connectivity index (χ3v) is 3.99. The molecular weight excluding hydrogens is 322 g/mol. The molecule has 0 fully saturated rings. The predicted octanol–water partition coefficient (Wildman–Crippen LogP) is 3.32. The van der Waals surface area contributed by atoms with Crippen LogP contribution in [0.5, 0.6) is 5.75 Å². The van der Waals surface area contributed by atoms with Crippen LogP contribution in [0, 0.1) is 24.2 Å². The molecule has 1 heterocycles. The fraction of sp³-hybridized carbons (Fsp3) is 0.278. The molecule has 124 valence electrons. The van der Waals surface area contributed by atoms with E-state index in [0.717, 1.165) is 22.0 Å². The van der Waals surface area contributed by atoms with Crippen molar-refractivity contribution in [3.8, 4) is 11.8 Å².